The second-order valence-electron chi connectivity index (χ2n) is 5.67. The van der Waals surface area contributed by atoms with Crippen LogP contribution in [0.4, 0.5) is 0 Å². The van der Waals surface area contributed by atoms with E-state index in [1.54, 1.807) is 0 Å². The number of hydrogen-bond donors (Lipinski definition) is 2. The van der Waals surface area contributed by atoms with E-state index in [0.717, 1.165) is 25.1 Å². The van der Waals surface area contributed by atoms with Crippen LogP contribution in [0.25, 0.3) is 0 Å². The Hall–Kier alpha value is -1.06. The van der Waals surface area contributed by atoms with E-state index >= 15 is 0 Å². The summed E-state index contributed by atoms with van der Waals surface area (Å²) in [4.78, 5) is 0. The molecule has 0 heterocycles. The van der Waals surface area contributed by atoms with Gasteiger partial charge < -0.3 is 15.2 Å². The van der Waals surface area contributed by atoms with E-state index in [1.165, 1.54) is 11.1 Å². The molecule has 114 valence electrons. The first kappa shape index (κ1) is 17.0. The molecule has 1 unspecified atom stereocenters. The van der Waals surface area contributed by atoms with E-state index < -0.39 is 0 Å². The molecular weight excluding hydrogens is 250 g/mol. The van der Waals surface area contributed by atoms with Gasteiger partial charge in [0, 0.05) is 12.6 Å². The molecule has 20 heavy (non-hydrogen) atoms. The third-order valence-corrected chi connectivity index (χ3v) is 3.39. The van der Waals surface area contributed by atoms with Gasteiger partial charge in [-0.05, 0) is 49.4 Å². The fraction of sp³-hybridized carbons (Fsp3) is 0.647. The third-order valence-electron chi connectivity index (χ3n) is 3.39. The summed E-state index contributed by atoms with van der Waals surface area (Å²) in [6.07, 6.45) is 1.81. The highest BCUT2D eigenvalue weighted by atomic mass is 16.5. The van der Waals surface area contributed by atoms with Crippen molar-refractivity contribution in [2.75, 3.05) is 19.8 Å². The molecule has 0 saturated carbocycles. The van der Waals surface area contributed by atoms with E-state index in [4.69, 9.17) is 9.84 Å². The van der Waals surface area contributed by atoms with Crippen molar-refractivity contribution in [3.05, 3.63) is 29.3 Å². The molecule has 0 aliphatic rings. The van der Waals surface area contributed by atoms with Crippen LogP contribution in [0.3, 0.4) is 0 Å². The number of ether oxygens (including phenoxy) is 1. The molecule has 0 spiro atoms. The van der Waals surface area contributed by atoms with Gasteiger partial charge in [0.15, 0.2) is 0 Å². The standard InChI is InChI=1S/C17H29NO2/c1-5-9-18-15(8-10-19)12-20-17-11-14(4)6-7-16(17)13(2)3/h6-7,11,13,15,18-19H,5,8-10,12H2,1-4H3. The number of rotatable bonds is 9. The van der Waals surface area contributed by atoms with E-state index in [9.17, 15) is 0 Å². The molecule has 0 radical (unpaired) electrons. The van der Waals surface area contributed by atoms with Gasteiger partial charge in [-0.3, -0.25) is 0 Å². The van der Waals surface area contributed by atoms with Crippen molar-refractivity contribution in [1.29, 1.82) is 0 Å². The number of nitrogens with one attached hydrogen (secondary N) is 1. The Morgan fingerprint density at radius 2 is 2.05 bits per heavy atom. The minimum Gasteiger partial charge on any atom is -0.492 e. The van der Waals surface area contributed by atoms with Gasteiger partial charge in [0.1, 0.15) is 12.4 Å². The Labute approximate surface area is 123 Å². The first-order chi connectivity index (χ1) is 9.58. The van der Waals surface area contributed by atoms with Crippen molar-refractivity contribution in [2.24, 2.45) is 0 Å². The molecule has 0 saturated heterocycles. The zero-order valence-corrected chi connectivity index (χ0v) is 13.3. The molecule has 1 aromatic rings. The van der Waals surface area contributed by atoms with Gasteiger partial charge in [-0.25, -0.2) is 0 Å². The van der Waals surface area contributed by atoms with Gasteiger partial charge in [-0.1, -0.05) is 32.9 Å². The zero-order chi connectivity index (χ0) is 15.0. The Morgan fingerprint density at radius 1 is 1.30 bits per heavy atom. The van der Waals surface area contributed by atoms with E-state index in [-0.39, 0.29) is 12.6 Å². The molecule has 1 atom stereocenters. The molecule has 3 nitrogen and oxygen atoms in total. The Balaban J connectivity index is 2.68. The summed E-state index contributed by atoms with van der Waals surface area (Å²) >= 11 is 0. The fourth-order valence-corrected chi connectivity index (χ4v) is 2.18. The van der Waals surface area contributed by atoms with Gasteiger partial charge in [-0.15, -0.1) is 0 Å². The second-order valence-corrected chi connectivity index (χ2v) is 5.67. The molecule has 2 N–H and O–H groups in total. The van der Waals surface area contributed by atoms with Crippen molar-refractivity contribution in [3.8, 4) is 5.75 Å². The van der Waals surface area contributed by atoms with Crippen molar-refractivity contribution >= 4 is 0 Å². The maximum Gasteiger partial charge on any atom is 0.123 e. The van der Waals surface area contributed by atoms with Crippen LogP contribution in [-0.4, -0.2) is 30.9 Å². The molecule has 0 amide bonds. The molecule has 3 heteroatoms. The van der Waals surface area contributed by atoms with Gasteiger partial charge >= 0.3 is 0 Å². The van der Waals surface area contributed by atoms with E-state index in [1.807, 2.05) is 0 Å². The van der Waals surface area contributed by atoms with Crippen LogP contribution in [0, 0.1) is 6.92 Å². The van der Waals surface area contributed by atoms with Gasteiger partial charge in [0.2, 0.25) is 0 Å². The average molecular weight is 279 g/mol. The smallest absolute Gasteiger partial charge is 0.123 e. The summed E-state index contributed by atoms with van der Waals surface area (Å²) in [6.45, 7) is 10.3. The van der Waals surface area contributed by atoms with Crippen molar-refractivity contribution in [2.45, 2.75) is 52.5 Å². The molecular formula is C17H29NO2. The average Bonchev–Trinajstić information content (AvgIpc) is 2.41. The number of hydrogen-bond acceptors (Lipinski definition) is 3. The number of aliphatic hydroxyl groups is 1. The van der Waals surface area contributed by atoms with Gasteiger partial charge in [0.05, 0.1) is 0 Å². The topological polar surface area (TPSA) is 41.5 Å². The highest BCUT2D eigenvalue weighted by Gasteiger charge is 2.12. The summed E-state index contributed by atoms with van der Waals surface area (Å²) in [6, 6.07) is 6.59. The van der Waals surface area contributed by atoms with E-state index in [0.29, 0.717) is 12.5 Å². The molecule has 1 rings (SSSR count). The Bertz CT molecular complexity index is 391. The molecule has 0 aliphatic carbocycles. The second kappa shape index (κ2) is 8.98. The highest BCUT2D eigenvalue weighted by Crippen LogP contribution is 2.27. The SMILES string of the molecule is CCCNC(CCO)COc1cc(C)ccc1C(C)C. The summed E-state index contributed by atoms with van der Waals surface area (Å²) in [7, 11) is 0. The third kappa shape index (κ3) is 5.51. The fourth-order valence-electron chi connectivity index (χ4n) is 2.18. The van der Waals surface area contributed by atoms with Crippen LogP contribution >= 0.6 is 0 Å². The lowest BCUT2D eigenvalue weighted by atomic mass is 10.0. The first-order valence-corrected chi connectivity index (χ1v) is 7.66. The molecule has 0 bridgehead atoms. The Morgan fingerprint density at radius 3 is 2.65 bits per heavy atom. The van der Waals surface area contributed by atoms with Crippen molar-refractivity contribution in [1.82, 2.24) is 5.32 Å². The summed E-state index contributed by atoms with van der Waals surface area (Å²) in [5.41, 5.74) is 2.46. The van der Waals surface area contributed by atoms with Crippen LogP contribution in [0.5, 0.6) is 5.75 Å². The lowest BCUT2D eigenvalue weighted by molar-refractivity contribution is 0.212. The van der Waals surface area contributed by atoms with Crippen LogP contribution in [-0.2, 0) is 0 Å². The number of aryl methyl sites for hydroxylation is 1. The van der Waals surface area contributed by atoms with Crippen LogP contribution in [0.2, 0.25) is 0 Å². The normalized spacial score (nSPS) is 12.7. The molecule has 1 aromatic carbocycles. The predicted octanol–water partition coefficient (Wildman–Crippen LogP) is 3.25. The highest BCUT2D eigenvalue weighted by molar-refractivity contribution is 5.39. The molecule has 0 fully saturated rings. The van der Waals surface area contributed by atoms with Gasteiger partial charge in [0.25, 0.3) is 0 Å². The van der Waals surface area contributed by atoms with Crippen LogP contribution in [0.15, 0.2) is 18.2 Å². The number of aliphatic hydroxyl groups excluding tert-OH is 1. The maximum absolute atomic E-state index is 9.12. The quantitative estimate of drug-likeness (QED) is 0.729. The minimum absolute atomic E-state index is 0.190. The van der Waals surface area contributed by atoms with Crippen LogP contribution < -0.4 is 10.1 Å². The Kier molecular flexibility index (Phi) is 7.63. The summed E-state index contributed by atoms with van der Waals surface area (Å²) < 4.78 is 6.02. The van der Waals surface area contributed by atoms with Crippen LogP contribution in [0.1, 0.15) is 50.7 Å². The zero-order valence-electron chi connectivity index (χ0n) is 13.3. The molecule has 0 aromatic heterocycles. The first-order valence-electron chi connectivity index (χ1n) is 7.66. The monoisotopic (exact) mass is 279 g/mol. The minimum atomic E-state index is 0.190. The van der Waals surface area contributed by atoms with E-state index in [2.05, 4.69) is 51.2 Å². The van der Waals surface area contributed by atoms with Crippen molar-refractivity contribution < 1.29 is 9.84 Å². The lowest BCUT2D eigenvalue weighted by Crippen LogP contribution is -2.36. The largest absolute Gasteiger partial charge is 0.492 e. The lowest BCUT2D eigenvalue weighted by Gasteiger charge is -2.20. The van der Waals surface area contributed by atoms with Crippen molar-refractivity contribution in [3.63, 3.8) is 0 Å². The number of benzene rings is 1. The maximum atomic E-state index is 9.12. The predicted molar refractivity (Wildman–Crippen MR) is 84.5 cm³/mol. The summed E-state index contributed by atoms with van der Waals surface area (Å²) in [5, 5.41) is 12.5. The summed E-state index contributed by atoms with van der Waals surface area (Å²) in [5.74, 6) is 1.42. The molecule has 0 aliphatic heterocycles. The van der Waals surface area contributed by atoms with Gasteiger partial charge in [-0.2, -0.15) is 0 Å².